The Bertz CT molecular complexity index is 695. The van der Waals surface area contributed by atoms with E-state index in [1.807, 2.05) is 20.8 Å². The average Bonchev–Trinajstić information content (AvgIpc) is 2.58. The van der Waals surface area contributed by atoms with Gasteiger partial charge in [-0.2, -0.15) is 0 Å². The Labute approximate surface area is 165 Å². The van der Waals surface area contributed by atoms with E-state index in [1.54, 1.807) is 24.1 Å². The lowest BCUT2D eigenvalue weighted by atomic mass is 9.98. The molecule has 2 N–H and O–H groups in total. The van der Waals surface area contributed by atoms with Crippen molar-refractivity contribution >= 4 is 29.2 Å². The Hall–Kier alpha value is -1.83. The van der Waals surface area contributed by atoms with Gasteiger partial charge < -0.3 is 15.3 Å². The van der Waals surface area contributed by atoms with E-state index in [9.17, 15) is 9.59 Å². The first-order valence-corrected chi connectivity index (χ1v) is 9.44. The lowest BCUT2D eigenvalue weighted by molar-refractivity contribution is -0.207. The van der Waals surface area contributed by atoms with Gasteiger partial charge in [0.25, 0.3) is 0 Å². The van der Waals surface area contributed by atoms with E-state index >= 15 is 0 Å². The molecule has 0 radical (unpaired) electrons. The van der Waals surface area contributed by atoms with Crippen LogP contribution in [-0.2, 0) is 20.9 Å². The minimum Gasteiger partial charge on any atom is -0.462 e. The van der Waals surface area contributed by atoms with Gasteiger partial charge in [-0.25, -0.2) is 9.59 Å². The number of ether oxygens (including phenoxy) is 1. The van der Waals surface area contributed by atoms with E-state index < -0.39 is 11.4 Å². The van der Waals surface area contributed by atoms with Crippen molar-refractivity contribution < 1.29 is 19.2 Å². The van der Waals surface area contributed by atoms with Gasteiger partial charge in [0.05, 0.1) is 17.6 Å². The summed E-state index contributed by atoms with van der Waals surface area (Å²) in [5.41, 5.74) is 6.96. The molecule has 1 aliphatic rings. The van der Waals surface area contributed by atoms with Gasteiger partial charge in [0.2, 0.25) is 0 Å². The summed E-state index contributed by atoms with van der Waals surface area (Å²) in [5.74, 6) is -0.709. The Balaban J connectivity index is 1.94. The molecule has 1 aliphatic heterocycles. The van der Waals surface area contributed by atoms with E-state index in [0.717, 1.165) is 18.7 Å². The van der Waals surface area contributed by atoms with Crippen LogP contribution < -0.4 is 5.73 Å². The van der Waals surface area contributed by atoms with Crippen molar-refractivity contribution in [2.45, 2.75) is 34.2 Å². The molecule has 1 saturated heterocycles. The number of rotatable bonds is 5. The highest BCUT2D eigenvalue weighted by Gasteiger charge is 2.28. The predicted octanol–water partition coefficient (Wildman–Crippen LogP) is 2.72. The molecular formula is C19H28ClN3O4. The molecule has 0 bridgehead atoms. The first kappa shape index (κ1) is 21.5. The van der Waals surface area contributed by atoms with Crippen molar-refractivity contribution in [3.05, 3.63) is 28.3 Å². The first-order valence-electron chi connectivity index (χ1n) is 9.06. The number of nitrogen functional groups attached to an aromatic ring is 1. The zero-order chi connectivity index (χ0) is 20.2. The summed E-state index contributed by atoms with van der Waals surface area (Å²) < 4.78 is 4.99. The van der Waals surface area contributed by atoms with Gasteiger partial charge in [-0.15, -0.1) is 5.06 Å². The third kappa shape index (κ3) is 5.82. The van der Waals surface area contributed by atoms with Crippen LogP contribution in [-0.4, -0.2) is 54.7 Å². The zero-order valence-electron chi connectivity index (χ0n) is 16.4. The van der Waals surface area contributed by atoms with E-state index in [1.165, 1.54) is 0 Å². The van der Waals surface area contributed by atoms with Crippen LogP contribution in [0.4, 0.5) is 5.69 Å². The summed E-state index contributed by atoms with van der Waals surface area (Å²) in [5, 5.41) is 2.18. The van der Waals surface area contributed by atoms with Crippen LogP contribution in [0.25, 0.3) is 0 Å². The van der Waals surface area contributed by atoms with Crippen molar-refractivity contribution in [1.29, 1.82) is 0 Å². The van der Waals surface area contributed by atoms with Gasteiger partial charge in [-0.3, -0.25) is 4.90 Å². The molecule has 0 atom stereocenters. The van der Waals surface area contributed by atoms with E-state index in [2.05, 4.69) is 4.90 Å². The minimum atomic E-state index is -0.525. The molecule has 0 saturated carbocycles. The highest BCUT2D eigenvalue weighted by atomic mass is 35.5. The Morgan fingerprint density at radius 1 is 1.19 bits per heavy atom. The van der Waals surface area contributed by atoms with Crippen LogP contribution >= 0.6 is 11.6 Å². The van der Waals surface area contributed by atoms with Crippen LogP contribution in [0.15, 0.2) is 12.1 Å². The Morgan fingerprint density at radius 2 is 1.81 bits per heavy atom. The van der Waals surface area contributed by atoms with E-state index in [0.29, 0.717) is 30.3 Å². The van der Waals surface area contributed by atoms with Crippen LogP contribution in [0.5, 0.6) is 0 Å². The Kier molecular flexibility index (Phi) is 7.08. The summed E-state index contributed by atoms with van der Waals surface area (Å²) >= 11 is 6.34. The monoisotopic (exact) mass is 397 g/mol. The molecule has 0 spiro atoms. The molecule has 0 aliphatic carbocycles. The highest BCUT2D eigenvalue weighted by Crippen LogP contribution is 2.26. The molecule has 1 heterocycles. The lowest BCUT2D eigenvalue weighted by Gasteiger charge is -2.34. The number of halogens is 1. The number of nitrogens with two attached hydrogens (primary N) is 1. The molecular weight excluding hydrogens is 370 g/mol. The maximum atomic E-state index is 12.0. The molecule has 0 unspecified atom stereocenters. The third-order valence-electron chi connectivity index (χ3n) is 4.26. The van der Waals surface area contributed by atoms with Crippen molar-refractivity contribution in [3.63, 3.8) is 0 Å². The number of anilines is 1. The molecule has 0 amide bonds. The van der Waals surface area contributed by atoms with Crippen LogP contribution in [0.2, 0.25) is 5.02 Å². The van der Waals surface area contributed by atoms with Crippen LogP contribution in [0.3, 0.4) is 0 Å². The summed E-state index contributed by atoms with van der Waals surface area (Å²) in [6.07, 6.45) is 0. The third-order valence-corrected chi connectivity index (χ3v) is 4.62. The van der Waals surface area contributed by atoms with Gasteiger partial charge in [0.15, 0.2) is 0 Å². The summed E-state index contributed by atoms with van der Waals surface area (Å²) in [6, 6.07) is 3.28. The number of benzene rings is 1. The fourth-order valence-electron chi connectivity index (χ4n) is 2.62. The van der Waals surface area contributed by atoms with Crippen molar-refractivity contribution in [1.82, 2.24) is 9.96 Å². The fourth-order valence-corrected chi connectivity index (χ4v) is 2.84. The van der Waals surface area contributed by atoms with Gasteiger partial charge in [-0.05, 0) is 45.4 Å². The second-order valence-corrected chi connectivity index (χ2v) is 7.99. The maximum absolute atomic E-state index is 12.0. The second-order valence-electron chi connectivity index (χ2n) is 7.59. The predicted molar refractivity (Wildman–Crippen MR) is 104 cm³/mol. The highest BCUT2D eigenvalue weighted by molar-refractivity contribution is 6.32. The van der Waals surface area contributed by atoms with Crippen molar-refractivity contribution in [2.75, 3.05) is 38.5 Å². The normalized spacial score (nSPS) is 16.2. The largest absolute Gasteiger partial charge is 0.462 e. The SMILES string of the molecule is CCOC(=O)c1cc(Cl)c(CN2CCN(OC(=O)C(C)(C)C)CC2)cc1N. The number of hydroxylamine groups is 2. The van der Waals surface area contributed by atoms with Gasteiger partial charge in [-0.1, -0.05) is 11.6 Å². The molecule has 150 valence electrons. The number of hydrogen-bond acceptors (Lipinski definition) is 7. The number of nitrogens with zero attached hydrogens (tertiary/aromatic N) is 2. The molecule has 8 heteroatoms. The van der Waals surface area contributed by atoms with Gasteiger partial charge >= 0.3 is 11.9 Å². The Morgan fingerprint density at radius 3 is 2.37 bits per heavy atom. The van der Waals surface area contributed by atoms with Crippen LogP contribution in [0.1, 0.15) is 43.6 Å². The number of carbonyl (C=O) groups is 2. The second kappa shape index (κ2) is 8.91. The number of esters is 1. The lowest BCUT2D eigenvalue weighted by Crippen LogP contribution is -2.47. The molecule has 7 nitrogen and oxygen atoms in total. The quantitative estimate of drug-likeness (QED) is 0.603. The van der Waals surface area contributed by atoms with Gasteiger partial charge in [0.1, 0.15) is 0 Å². The molecule has 0 aromatic heterocycles. The fraction of sp³-hybridized carbons (Fsp3) is 0.579. The van der Waals surface area contributed by atoms with E-state index in [-0.39, 0.29) is 18.1 Å². The zero-order valence-corrected chi connectivity index (χ0v) is 17.1. The molecule has 1 fully saturated rings. The van der Waals surface area contributed by atoms with Crippen molar-refractivity contribution in [2.24, 2.45) is 5.41 Å². The maximum Gasteiger partial charge on any atom is 0.340 e. The van der Waals surface area contributed by atoms with Gasteiger partial charge in [0, 0.05) is 43.4 Å². The first-order chi connectivity index (χ1) is 12.6. The number of piperazine rings is 1. The molecule has 1 aromatic carbocycles. The van der Waals surface area contributed by atoms with Crippen molar-refractivity contribution in [3.8, 4) is 0 Å². The molecule has 1 aromatic rings. The molecule has 2 rings (SSSR count). The molecule has 27 heavy (non-hydrogen) atoms. The van der Waals surface area contributed by atoms with E-state index in [4.69, 9.17) is 26.9 Å². The van der Waals surface area contributed by atoms with Crippen LogP contribution in [0, 0.1) is 5.41 Å². The number of hydrogen-bond donors (Lipinski definition) is 1. The average molecular weight is 398 g/mol. The summed E-state index contributed by atoms with van der Waals surface area (Å²) in [4.78, 5) is 31.5. The standard InChI is InChI=1S/C19H28ClN3O4/c1-5-26-17(24)14-11-15(20)13(10-16(14)21)12-22-6-8-23(9-7-22)27-18(25)19(2,3)4/h10-11H,5-9,12,21H2,1-4H3. The topological polar surface area (TPSA) is 85.1 Å². The summed E-state index contributed by atoms with van der Waals surface area (Å²) in [7, 11) is 0. The smallest absolute Gasteiger partial charge is 0.340 e. The minimum absolute atomic E-state index is 0.235. The summed E-state index contributed by atoms with van der Waals surface area (Å²) in [6.45, 7) is 10.8. The number of carbonyl (C=O) groups excluding carboxylic acids is 2.